The fourth-order valence-corrected chi connectivity index (χ4v) is 1.59. The molecule has 0 aromatic carbocycles. The summed E-state index contributed by atoms with van der Waals surface area (Å²) in [6.45, 7) is 4.85. The number of hydrogen-bond donors (Lipinski definition) is 4. The van der Waals surface area contributed by atoms with Gasteiger partial charge in [0.15, 0.2) is 0 Å². The van der Waals surface area contributed by atoms with Gasteiger partial charge in [0.1, 0.15) is 18.4 Å². The van der Waals surface area contributed by atoms with Gasteiger partial charge >= 0.3 is 0 Å². The molecule has 0 rings (SSSR count). The number of carbonyl (C=O) groups excluding carboxylic acids is 2. The molecule has 0 fully saturated rings. The molecule has 0 aliphatic heterocycles. The van der Waals surface area contributed by atoms with Gasteiger partial charge in [0.2, 0.25) is 11.8 Å². The third-order valence-electron chi connectivity index (χ3n) is 2.43. The Hall–Kier alpha value is -1.14. The first kappa shape index (κ1) is 16.9. The Morgan fingerprint density at radius 3 is 1.78 bits per heavy atom. The second-order valence-electron chi connectivity index (χ2n) is 4.42. The van der Waals surface area contributed by atoms with Gasteiger partial charge in [-0.25, -0.2) is 0 Å². The maximum Gasteiger partial charge on any atom is 0.234 e. The van der Waals surface area contributed by atoms with E-state index in [0.29, 0.717) is 6.42 Å². The highest BCUT2D eigenvalue weighted by molar-refractivity contribution is 6.00. The standard InChI is InChI=1S/C12H24N2O4/c1-4-5-6-7-10(11(17)13-8(2)15)12(18)14-9(3)16/h8-10,15-16H,4-7H2,1-3H3,(H,13,17)(H,14,18). The van der Waals surface area contributed by atoms with Gasteiger partial charge in [0.25, 0.3) is 0 Å². The Morgan fingerprint density at radius 2 is 1.44 bits per heavy atom. The first-order chi connectivity index (χ1) is 8.38. The molecule has 0 aromatic rings. The highest BCUT2D eigenvalue weighted by atomic mass is 16.3. The number of aliphatic hydroxyl groups is 2. The summed E-state index contributed by atoms with van der Waals surface area (Å²) in [5.74, 6) is -1.90. The summed E-state index contributed by atoms with van der Waals surface area (Å²) in [5, 5.41) is 22.8. The van der Waals surface area contributed by atoms with Gasteiger partial charge in [-0.3, -0.25) is 9.59 Å². The van der Waals surface area contributed by atoms with E-state index in [9.17, 15) is 9.59 Å². The SMILES string of the molecule is CCCCCC(C(=O)NC(C)O)C(=O)NC(C)O. The van der Waals surface area contributed by atoms with Crippen molar-refractivity contribution in [3.63, 3.8) is 0 Å². The lowest BCUT2D eigenvalue weighted by Gasteiger charge is -2.18. The predicted octanol–water partition coefficient (Wildman–Crippen LogP) is 0.0919. The van der Waals surface area contributed by atoms with Crippen LogP contribution in [0.25, 0.3) is 0 Å². The van der Waals surface area contributed by atoms with Crippen LogP contribution in [0, 0.1) is 5.92 Å². The smallest absolute Gasteiger partial charge is 0.234 e. The number of hydrogen-bond acceptors (Lipinski definition) is 4. The summed E-state index contributed by atoms with van der Waals surface area (Å²) in [5.41, 5.74) is 0. The highest BCUT2D eigenvalue weighted by Crippen LogP contribution is 2.11. The maximum absolute atomic E-state index is 11.8. The van der Waals surface area contributed by atoms with Crippen LogP contribution in [0.1, 0.15) is 46.5 Å². The van der Waals surface area contributed by atoms with Crippen molar-refractivity contribution in [1.29, 1.82) is 0 Å². The lowest BCUT2D eigenvalue weighted by molar-refractivity contribution is -0.138. The Balaban J connectivity index is 4.49. The molecule has 0 radical (unpaired) electrons. The van der Waals surface area contributed by atoms with Crippen LogP contribution in [0.5, 0.6) is 0 Å². The molecule has 18 heavy (non-hydrogen) atoms. The largest absolute Gasteiger partial charge is 0.374 e. The molecule has 106 valence electrons. The van der Waals surface area contributed by atoms with Crippen LogP contribution in [-0.2, 0) is 9.59 Å². The summed E-state index contributed by atoms with van der Waals surface area (Å²) in [6, 6.07) is 0. The molecule has 0 heterocycles. The zero-order valence-corrected chi connectivity index (χ0v) is 11.3. The second kappa shape index (κ2) is 8.88. The Bertz CT molecular complexity index is 245. The van der Waals surface area contributed by atoms with E-state index in [2.05, 4.69) is 10.6 Å². The van der Waals surface area contributed by atoms with E-state index in [1.165, 1.54) is 13.8 Å². The van der Waals surface area contributed by atoms with Crippen LogP contribution in [0.2, 0.25) is 0 Å². The quantitative estimate of drug-likeness (QED) is 0.282. The molecule has 4 N–H and O–H groups in total. The average Bonchev–Trinajstić information content (AvgIpc) is 2.21. The van der Waals surface area contributed by atoms with E-state index >= 15 is 0 Å². The number of nitrogens with one attached hydrogen (secondary N) is 2. The summed E-state index contributed by atoms with van der Waals surface area (Å²) < 4.78 is 0. The van der Waals surface area contributed by atoms with Crippen LogP contribution in [0.3, 0.4) is 0 Å². The van der Waals surface area contributed by atoms with E-state index in [1.54, 1.807) is 0 Å². The van der Waals surface area contributed by atoms with Gasteiger partial charge in [0.05, 0.1) is 0 Å². The summed E-state index contributed by atoms with van der Waals surface area (Å²) >= 11 is 0. The van der Waals surface area contributed by atoms with Crippen LogP contribution in [0.15, 0.2) is 0 Å². The minimum Gasteiger partial charge on any atom is -0.374 e. The van der Waals surface area contributed by atoms with E-state index in [1.807, 2.05) is 6.92 Å². The number of unbranched alkanes of at least 4 members (excludes halogenated alkanes) is 2. The zero-order valence-electron chi connectivity index (χ0n) is 11.3. The Labute approximate surface area is 108 Å². The van der Waals surface area contributed by atoms with Crippen LogP contribution in [0.4, 0.5) is 0 Å². The lowest BCUT2D eigenvalue weighted by atomic mass is 9.99. The fourth-order valence-electron chi connectivity index (χ4n) is 1.59. The van der Waals surface area contributed by atoms with Crippen molar-refractivity contribution in [1.82, 2.24) is 10.6 Å². The van der Waals surface area contributed by atoms with Gasteiger partial charge in [-0.15, -0.1) is 0 Å². The number of carbonyl (C=O) groups is 2. The summed E-state index contributed by atoms with van der Waals surface area (Å²) in [7, 11) is 0. The number of rotatable bonds is 8. The van der Waals surface area contributed by atoms with Crippen LogP contribution < -0.4 is 10.6 Å². The molecule has 6 nitrogen and oxygen atoms in total. The van der Waals surface area contributed by atoms with Crippen molar-refractivity contribution in [3.8, 4) is 0 Å². The van der Waals surface area contributed by atoms with Crippen LogP contribution >= 0.6 is 0 Å². The monoisotopic (exact) mass is 260 g/mol. The minimum atomic E-state index is -0.995. The maximum atomic E-state index is 11.8. The van der Waals surface area contributed by atoms with Crippen molar-refractivity contribution in [2.75, 3.05) is 0 Å². The normalized spacial score (nSPS) is 15.6. The molecule has 0 aliphatic rings. The van der Waals surface area contributed by atoms with Crippen molar-refractivity contribution >= 4 is 11.8 Å². The molecule has 6 heteroatoms. The fraction of sp³-hybridized carbons (Fsp3) is 0.833. The molecular weight excluding hydrogens is 236 g/mol. The Kier molecular flexibility index (Phi) is 8.32. The third-order valence-corrected chi connectivity index (χ3v) is 2.43. The van der Waals surface area contributed by atoms with Crippen LogP contribution in [-0.4, -0.2) is 34.5 Å². The zero-order chi connectivity index (χ0) is 14.1. The van der Waals surface area contributed by atoms with Gasteiger partial charge in [-0.2, -0.15) is 0 Å². The van der Waals surface area contributed by atoms with E-state index < -0.39 is 30.2 Å². The second-order valence-corrected chi connectivity index (χ2v) is 4.42. The average molecular weight is 260 g/mol. The molecule has 2 unspecified atom stereocenters. The highest BCUT2D eigenvalue weighted by Gasteiger charge is 2.27. The molecule has 0 bridgehead atoms. The molecule has 2 amide bonds. The lowest BCUT2D eigenvalue weighted by Crippen LogP contribution is -2.46. The molecule has 2 atom stereocenters. The number of aliphatic hydroxyl groups excluding tert-OH is 2. The van der Waals surface area contributed by atoms with Gasteiger partial charge < -0.3 is 20.8 Å². The molecule has 0 aliphatic carbocycles. The predicted molar refractivity (Wildman–Crippen MR) is 67.3 cm³/mol. The molecule has 0 spiro atoms. The summed E-state index contributed by atoms with van der Waals surface area (Å²) in [4.78, 5) is 23.5. The topological polar surface area (TPSA) is 98.7 Å². The minimum absolute atomic E-state index is 0.408. The molecule has 0 saturated heterocycles. The van der Waals surface area contributed by atoms with E-state index in [-0.39, 0.29) is 0 Å². The molecule has 0 aromatic heterocycles. The van der Waals surface area contributed by atoms with E-state index in [0.717, 1.165) is 19.3 Å². The van der Waals surface area contributed by atoms with Crippen molar-refractivity contribution in [2.24, 2.45) is 5.92 Å². The summed E-state index contributed by atoms with van der Waals surface area (Å²) in [6.07, 6.45) is 1.09. The van der Waals surface area contributed by atoms with Gasteiger partial charge in [-0.05, 0) is 20.3 Å². The number of amides is 2. The first-order valence-corrected chi connectivity index (χ1v) is 6.35. The van der Waals surface area contributed by atoms with Crippen molar-refractivity contribution < 1.29 is 19.8 Å². The van der Waals surface area contributed by atoms with Crippen molar-refractivity contribution in [2.45, 2.75) is 58.9 Å². The van der Waals surface area contributed by atoms with E-state index in [4.69, 9.17) is 10.2 Å². The first-order valence-electron chi connectivity index (χ1n) is 6.35. The Morgan fingerprint density at radius 1 is 1.00 bits per heavy atom. The van der Waals surface area contributed by atoms with Crippen molar-refractivity contribution in [3.05, 3.63) is 0 Å². The molecular formula is C12H24N2O4. The van der Waals surface area contributed by atoms with Gasteiger partial charge in [-0.1, -0.05) is 26.2 Å². The van der Waals surface area contributed by atoms with Gasteiger partial charge in [0, 0.05) is 0 Å². The molecule has 0 saturated carbocycles. The third kappa shape index (κ3) is 7.24.